The van der Waals surface area contributed by atoms with E-state index in [4.69, 9.17) is 0 Å². The Morgan fingerprint density at radius 1 is 1.00 bits per heavy atom. The molecule has 0 atom stereocenters. The van der Waals surface area contributed by atoms with Crippen LogP contribution in [0.15, 0.2) is 12.0 Å². The van der Waals surface area contributed by atoms with E-state index in [-0.39, 0.29) is 0 Å². The van der Waals surface area contributed by atoms with E-state index >= 15 is 0 Å². The van der Waals surface area contributed by atoms with Crippen molar-refractivity contribution in [3.8, 4) is 0 Å². The molecule has 0 aliphatic carbocycles. The summed E-state index contributed by atoms with van der Waals surface area (Å²) in [6.07, 6.45) is 14.6. The smallest absolute Gasteiger partial charge is 0.0424 e. The number of hydrogen-bond donors (Lipinski definition) is 1. The Bertz CT molecular complexity index is 218. The SMILES string of the molecule is CCCCCCCCCCc1[nH]ccp1. The van der Waals surface area contributed by atoms with Crippen molar-refractivity contribution in [3.63, 3.8) is 0 Å². The Morgan fingerprint density at radius 2 is 1.67 bits per heavy atom. The van der Waals surface area contributed by atoms with Crippen LogP contribution in [0.3, 0.4) is 0 Å². The number of rotatable bonds is 9. The van der Waals surface area contributed by atoms with Gasteiger partial charge in [-0.3, -0.25) is 0 Å². The average molecular weight is 225 g/mol. The summed E-state index contributed by atoms with van der Waals surface area (Å²) < 4.78 is 0. The monoisotopic (exact) mass is 225 g/mol. The fraction of sp³-hybridized carbons (Fsp3) is 0.769. The van der Waals surface area contributed by atoms with Crippen LogP contribution in [-0.2, 0) is 6.42 Å². The van der Waals surface area contributed by atoms with Crippen molar-refractivity contribution in [2.75, 3.05) is 0 Å². The summed E-state index contributed by atoms with van der Waals surface area (Å²) in [5.74, 6) is 2.18. The molecule has 1 heterocycles. The van der Waals surface area contributed by atoms with Gasteiger partial charge in [-0.1, -0.05) is 60.1 Å². The normalized spacial score (nSPS) is 11.3. The minimum atomic E-state index is 1.27. The van der Waals surface area contributed by atoms with Gasteiger partial charge in [0.2, 0.25) is 0 Å². The van der Waals surface area contributed by atoms with Crippen molar-refractivity contribution in [2.24, 2.45) is 0 Å². The Labute approximate surface area is 95.8 Å². The molecule has 0 unspecified atom stereocenters. The molecule has 0 saturated carbocycles. The van der Waals surface area contributed by atoms with Crippen molar-refractivity contribution in [1.29, 1.82) is 0 Å². The molecule has 15 heavy (non-hydrogen) atoms. The van der Waals surface area contributed by atoms with E-state index in [1.807, 2.05) is 0 Å². The predicted octanol–water partition coefficient (Wildman–Crippen LogP) is 5.28. The van der Waals surface area contributed by atoms with E-state index in [0.29, 0.717) is 0 Å². The average Bonchev–Trinajstić information content (AvgIpc) is 2.75. The third kappa shape index (κ3) is 6.73. The third-order valence-corrected chi connectivity index (χ3v) is 3.78. The molecule has 0 amide bonds. The molecule has 86 valence electrons. The van der Waals surface area contributed by atoms with Crippen LogP contribution in [0.4, 0.5) is 0 Å². The van der Waals surface area contributed by atoms with Gasteiger partial charge in [0.15, 0.2) is 0 Å². The van der Waals surface area contributed by atoms with Gasteiger partial charge < -0.3 is 4.98 Å². The number of unbranched alkanes of at least 4 members (excludes halogenated alkanes) is 7. The van der Waals surface area contributed by atoms with E-state index < -0.39 is 0 Å². The molecular formula is C13H24NP. The minimum absolute atomic E-state index is 1.27. The highest BCUT2D eigenvalue weighted by Crippen LogP contribution is 2.15. The Morgan fingerprint density at radius 3 is 2.27 bits per heavy atom. The molecule has 0 aliphatic heterocycles. The summed E-state index contributed by atoms with van der Waals surface area (Å²) in [5, 5.41) is 0. The molecular weight excluding hydrogens is 201 g/mol. The second kappa shape index (κ2) is 8.97. The first kappa shape index (κ1) is 12.8. The largest absolute Gasteiger partial charge is 0.361 e. The summed E-state index contributed by atoms with van der Waals surface area (Å²) in [7, 11) is 1.39. The van der Waals surface area contributed by atoms with Crippen molar-refractivity contribution >= 4 is 8.19 Å². The molecule has 0 fully saturated rings. The van der Waals surface area contributed by atoms with Gasteiger partial charge in [0.05, 0.1) is 0 Å². The highest BCUT2D eigenvalue weighted by atomic mass is 31.0. The van der Waals surface area contributed by atoms with Crippen molar-refractivity contribution in [2.45, 2.75) is 64.7 Å². The number of nitrogens with one attached hydrogen (secondary N) is 1. The van der Waals surface area contributed by atoms with Gasteiger partial charge >= 0.3 is 0 Å². The Hall–Kier alpha value is -0.290. The van der Waals surface area contributed by atoms with Crippen molar-refractivity contribution < 1.29 is 0 Å². The Kier molecular flexibility index (Phi) is 7.64. The molecule has 0 spiro atoms. The van der Waals surface area contributed by atoms with Crippen LogP contribution in [0.2, 0.25) is 0 Å². The molecule has 1 aromatic heterocycles. The molecule has 1 aromatic rings. The highest BCUT2D eigenvalue weighted by molar-refractivity contribution is 7.29. The van der Waals surface area contributed by atoms with Crippen LogP contribution in [0.1, 0.15) is 63.7 Å². The van der Waals surface area contributed by atoms with Crippen LogP contribution in [0.5, 0.6) is 0 Å². The fourth-order valence-corrected chi connectivity index (χ4v) is 2.63. The van der Waals surface area contributed by atoms with Crippen LogP contribution in [0.25, 0.3) is 0 Å². The second-order valence-electron chi connectivity index (χ2n) is 4.26. The summed E-state index contributed by atoms with van der Waals surface area (Å²) in [6.45, 7) is 2.28. The predicted molar refractivity (Wildman–Crippen MR) is 69.6 cm³/mol. The number of aryl methyl sites for hydroxylation is 1. The topological polar surface area (TPSA) is 15.8 Å². The quantitative estimate of drug-likeness (QED) is 0.550. The lowest BCUT2D eigenvalue weighted by Crippen LogP contribution is -1.84. The summed E-state index contributed by atoms with van der Waals surface area (Å²) >= 11 is 0. The van der Waals surface area contributed by atoms with Crippen LogP contribution >= 0.6 is 8.19 Å². The molecule has 1 nitrogen and oxygen atoms in total. The first-order valence-electron chi connectivity index (χ1n) is 6.41. The molecule has 1 N–H and O–H groups in total. The minimum Gasteiger partial charge on any atom is -0.361 e. The molecule has 0 aliphatic rings. The van der Waals surface area contributed by atoms with E-state index in [0.717, 1.165) is 0 Å². The number of H-pyrrole nitrogens is 1. The van der Waals surface area contributed by atoms with Gasteiger partial charge in [0.25, 0.3) is 0 Å². The summed E-state index contributed by atoms with van der Waals surface area (Å²) in [4.78, 5) is 3.30. The van der Waals surface area contributed by atoms with Gasteiger partial charge in [0, 0.05) is 11.6 Å². The van der Waals surface area contributed by atoms with Gasteiger partial charge in [-0.05, 0) is 18.6 Å². The zero-order valence-electron chi connectivity index (χ0n) is 9.97. The Balaban J connectivity index is 1.81. The van der Waals surface area contributed by atoms with Crippen molar-refractivity contribution in [3.05, 3.63) is 17.4 Å². The first-order chi connectivity index (χ1) is 7.43. The van der Waals surface area contributed by atoms with Crippen LogP contribution in [-0.4, -0.2) is 4.98 Å². The maximum absolute atomic E-state index is 3.30. The zero-order valence-corrected chi connectivity index (χ0v) is 10.9. The summed E-state index contributed by atoms with van der Waals surface area (Å²) in [5.41, 5.74) is 1.49. The second-order valence-corrected chi connectivity index (χ2v) is 5.36. The molecule has 0 saturated heterocycles. The number of aromatic amines is 1. The molecule has 0 bridgehead atoms. The van der Waals surface area contributed by atoms with E-state index in [2.05, 4.69) is 23.9 Å². The third-order valence-electron chi connectivity index (χ3n) is 2.82. The molecule has 1 rings (SSSR count). The van der Waals surface area contributed by atoms with E-state index in [1.165, 1.54) is 71.4 Å². The maximum Gasteiger partial charge on any atom is 0.0424 e. The lowest BCUT2D eigenvalue weighted by atomic mass is 10.1. The van der Waals surface area contributed by atoms with Crippen LogP contribution in [0, 0.1) is 0 Å². The fourth-order valence-electron chi connectivity index (χ4n) is 1.86. The highest BCUT2D eigenvalue weighted by Gasteiger charge is 1.94. The van der Waals surface area contributed by atoms with Crippen molar-refractivity contribution in [1.82, 2.24) is 4.98 Å². The number of hydrogen-bond acceptors (Lipinski definition) is 0. The summed E-state index contributed by atoms with van der Waals surface area (Å²) in [6, 6.07) is 0. The lowest BCUT2D eigenvalue weighted by Gasteiger charge is -2.00. The van der Waals surface area contributed by atoms with Crippen LogP contribution < -0.4 is 0 Å². The zero-order chi connectivity index (χ0) is 10.8. The molecule has 2 heteroatoms. The standard InChI is InChI=1S/C13H24NP/c1-2-3-4-5-6-7-8-9-10-13-14-11-12-15-13/h11-12,14H,2-10H2,1H3. The van der Waals surface area contributed by atoms with Gasteiger partial charge in [0.1, 0.15) is 0 Å². The van der Waals surface area contributed by atoms with Gasteiger partial charge in [-0.25, -0.2) is 0 Å². The van der Waals surface area contributed by atoms with E-state index in [9.17, 15) is 0 Å². The lowest BCUT2D eigenvalue weighted by molar-refractivity contribution is 0.575. The molecule has 0 aromatic carbocycles. The first-order valence-corrected chi connectivity index (χ1v) is 7.38. The van der Waals surface area contributed by atoms with Gasteiger partial charge in [-0.15, -0.1) is 0 Å². The maximum atomic E-state index is 3.30. The van der Waals surface area contributed by atoms with Gasteiger partial charge in [-0.2, -0.15) is 0 Å². The van der Waals surface area contributed by atoms with E-state index in [1.54, 1.807) is 0 Å². The molecule has 0 radical (unpaired) electrons. The number of aromatic nitrogens is 1.